The summed E-state index contributed by atoms with van der Waals surface area (Å²) in [4.78, 5) is 12.5. The summed E-state index contributed by atoms with van der Waals surface area (Å²) in [6.07, 6.45) is 0. The maximum absolute atomic E-state index is 13.2. The van der Waals surface area contributed by atoms with Crippen molar-refractivity contribution in [2.45, 2.75) is 43.4 Å². The third kappa shape index (κ3) is 4.96. The van der Waals surface area contributed by atoms with Crippen molar-refractivity contribution in [1.82, 2.24) is 5.32 Å². The van der Waals surface area contributed by atoms with Gasteiger partial charge in [-0.05, 0) is 45.9 Å². The number of thioether (sulfide) groups is 1. The maximum Gasteiger partial charge on any atom is 0.233 e. The minimum absolute atomic E-state index is 0.0738. The molecule has 1 aromatic rings. The number of hydrogen-bond donors (Lipinski definition) is 2. The molecule has 0 aliphatic rings. The number of anilines is 1. The summed E-state index contributed by atoms with van der Waals surface area (Å²) in [5, 5.41) is 2.58. The van der Waals surface area contributed by atoms with Crippen molar-refractivity contribution in [2.75, 3.05) is 5.73 Å². The predicted octanol–water partition coefficient (Wildman–Crippen LogP) is 2.80. The monoisotopic (exact) mass is 270 g/mol. The van der Waals surface area contributed by atoms with Gasteiger partial charge < -0.3 is 11.1 Å². The SMILES string of the molecule is CC(Sc1cc(N)cc(F)c1)C(=O)NC(C)(C)C. The van der Waals surface area contributed by atoms with Gasteiger partial charge in [0, 0.05) is 16.1 Å². The minimum atomic E-state index is -0.388. The second-order valence-corrected chi connectivity index (χ2v) is 6.63. The van der Waals surface area contributed by atoms with E-state index < -0.39 is 0 Å². The van der Waals surface area contributed by atoms with E-state index in [2.05, 4.69) is 5.32 Å². The Morgan fingerprint density at radius 1 is 1.39 bits per heavy atom. The number of nitrogens with one attached hydrogen (secondary N) is 1. The predicted molar refractivity (Wildman–Crippen MR) is 74.0 cm³/mol. The number of carbonyl (C=O) groups excluding carboxylic acids is 1. The second kappa shape index (κ2) is 5.61. The molecule has 18 heavy (non-hydrogen) atoms. The fourth-order valence-electron chi connectivity index (χ4n) is 1.38. The average Bonchev–Trinajstić information content (AvgIpc) is 2.12. The van der Waals surface area contributed by atoms with Crippen LogP contribution >= 0.6 is 11.8 Å². The number of amides is 1. The van der Waals surface area contributed by atoms with E-state index in [-0.39, 0.29) is 22.5 Å². The number of hydrogen-bond acceptors (Lipinski definition) is 3. The lowest BCUT2D eigenvalue weighted by Crippen LogP contribution is -2.44. The van der Waals surface area contributed by atoms with Gasteiger partial charge in [-0.25, -0.2) is 4.39 Å². The molecule has 0 aliphatic heterocycles. The van der Waals surface area contributed by atoms with Crippen LogP contribution in [0.25, 0.3) is 0 Å². The molecule has 1 rings (SSSR count). The molecule has 3 nitrogen and oxygen atoms in total. The number of benzene rings is 1. The summed E-state index contributed by atoms with van der Waals surface area (Å²) in [5.74, 6) is -0.462. The summed E-state index contributed by atoms with van der Waals surface area (Å²) >= 11 is 1.29. The molecule has 1 unspecified atom stereocenters. The molecule has 0 spiro atoms. The van der Waals surface area contributed by atoms with E-state index in [9.17, 15) is 9.18 Å². The van der Waals surface area contributed by atoms with E-state index in [0.29, 0.717) is 10.6 Å². The van der Waals surface area contributed by atoms with Crippen LogP contribution < -0.4 is 11.1 Å². The molecular formula is C13H19FN2OS. The molecule has 0 bridgehead atoms. The van der Waals surface area contributed by atoms with Gasteiger partial charge in [0.1, 0.15) is 5.82 Å². The highest BCUT2D eigenvalue weighted by Crippen LogP contribution is 2.26. The van der Waals surface area contributed by atoms with Gasteiger partial charge in [0.25, 0.3) is 0 Å². The number of carbonyl (C=O) groups is 1. The summed E-state index contributed by atoms with van der Waals surface area (Å²) in [6.45, 7) is 7.54. The number of nitrogen functional groups attached to an aromatic ring is 1. The molecule has 0 radical (unpaired) electrons. The standard InChI is InChI=1S/C13H19FN2OS/c1-8(12(17)16-13(2,3)4)18-11-6-9(14)5-10(15)7-11/h5-8H,15H2,1-4H3,(H,16,17). The molecule has 1 aromatic carbocycles. The van der Waals surface area contributed by atoms with Gasteiger partial charge in [0.2, 0.25) is 5.91 Å². The van der Waals surface area contributed by atoms with Crippen LogP contribution in [0.1, 0.15) is 27.7 Å². The highest BCUT2D eigenvalue weighted by molar-refractivity contribution is 8.00. The molecule has 1 amide bonds. The largest absolute Gasteiger partial charge is 0.399 e. The molecule has 5 heteroatoms. The lowest BCUT2D eigenvalue weighted by molar-refractivity contribution is -0.121. The topological polar surface area (TPSA) is 55.1 Å². The Kier molecular flexibility index (Phi) is 4.62. The van der Waals surface area contributed by atoms with Gasteiger partial charge in [0.05, 0.1) is 5.25 Å². The van der Waals surface area contributed by atoms with Gasteiger partial charge in [-0.1, -0.05) is 0 Å². The van der Waals surface area contributed by atoms with Crippen molar-refractivity contribution in [3.8, 4) is 0 Å². The van der Waals surface area contributed by atoms with Crippen molar-refractivity contribution < 1.29 is 9.18 Å². The number of rotatable bonds is 3. The molecule has 3 N–H and O–H groups in total. The van der Waals surface area contributed by atoms with Crippen LogP contribution in [0.3, 0.4) is 0 Å². The Bertz CT molecular complexity index is 423. The zero-order chi connectivity index (χ0) is 13.9. The summed E-state index contributed by atoms with van der Waals surface area (Å²) in [5.41, 5.74) is 5.65. The van der Waals surface area contributed by atoms with Crippen LogP contribution in [0.15, 0.2) is 23.1 Å². The Balaban J connectivity index is 2.69. The molecule has 0 saturated carbocycles. The van der Waals surface area contributed by atoms with Crippen molar-refractivity contribution >= 4 is 23.4 Å². The molecule has 0 heterocycles. The molecule has 0 aliphatic carbocycles. The highest BCUT2D eigenvalue weighted by Gasteiger charge is 2.20. The average molecular weight is 270 g/mol. The molecule has 1 atom stereocenters. The van der Waals surface area contributed by atoms with Crippen LogP contribution in [0.2, 0.25) is 0 Å². The Labute approximate surface area is 111 Å². The van der Waals surface area contributed by atoms with Gasteiger partial charge in [-0.3, -0.25) is 4.79 Å². The normalized spacial score (nSPS) is 13.2. The van der Waals surface area contributed by atoms with Gasteiger partial charge >= 0.3 is 0 Å². The van der Waals surface area contributed by atoms with E-state index in [1.807, 2.05) is 20.8 Å². The van der Waals surface area contributed by atoms with E-state index in [0.717, 1.165) is 0 Å². The molecule has 100 valence electrons. The van der Waals surface area contributed by atoms with Crippen molar-refractivity contribution in [3.63, 3.8) is 0 Å². The zero-order valence-corrected chi connectivity index (χ0v) is 11.9. The molecule has 0 aromatic heterocycles. The fourth-order valence-corrected chi connectivity index (χ4v) is 2.34. The molecular weight excluding hydrogens is 251 g/mol. The summed E-state index contributed by atoms with van der Waals surface area (Å²) in [6, 6.07) is 4.29. The third-order valence-electron chi connectivity index (χ3n) is 2.07. The first-order valence-electron chi connectivity index (χ1n) is 5.72. The lowest BCUT2D eigenvalue weighted by Gasteiger charge is -2.23. The van der Waals surface area contributed by atoms with Crippen molar-refractivity contribution in [2.24, 2.45) is 0 Å². The van der Waals surface area contributed by atoms with E-state index >= 15 is 0 Å². The van der Waals surface area contributed by atoms with Crippen LogP contribution in [-0.2, 0) is 4.79 Å². The van der Waals surface area contributed by atoms with E-state index in [4.69, 9.17) is 5.73 Å². The molecule has 0 saturated heterocycles. The van der Waals surface area contributed by atoms with Crippen LogP contribution in [-0.4, -0.2) is 16.7 Å². The van der Waals surface area contributed by atoms with Crippen LogP contribution in [0.5, 0.6) is 0 Å². The maximum atomic E-state index is 13.2. The van der Waals surface area contributed by atoms with Gasteiger partial charge in [-0.2, -0.15) is 0 Å². The number of halogens is 1. The fraction of sp³-hybridized carbons (Fsp3) is 0.462. The van der Waals surface area contributed by atoms with Crippen molar-refractivity contribution in [3.05, 3.63) is 24.0 Å². The summed E-state index contributed by atoms with van der Waals surface area (Å²) in [7, 11) is 0. The van der Waals surface area contributed by atoms with E-state index in [1.54, 1.807) is 13.0 Å². The van der Waals surface area contributed by atoms with Crippen LogP contribution in [0.4, 0.5) is 10.1 Å². The second-order valence-electron chi connectivity index (χ2n) is 5.22. The Morgan fingerprint density at radius 3 is 2.50 bits per heavy atom. The van der Waals surface area contributed by atoms with Gasteiger partial charge in [-0.15, -0.1) is 11.8 Å². The zero-order valence-electron chi connectivity index (χ0n) is 11.1. The quantitative estimate of drug-likeness (QED) is 0.656. The Hall–Kier alpha value is -1.23. The lowest BCUT2D eigenvalue weighted by atomic mass is 10.1. The Morgan fingerprint density at radius 2 is 2.00 bits per heavy atom. The first kappa shape index (κ1) is 14.8. The smallest absolute Gasteiger partial charge is 0.233 e. The molecule has 0 fully saturated rings. The first-order chi connectivity index (χ1) is 8.17. The summed E-state index contributed by atoms with van der Waals surface area (Å²) < 4.78 is 13.2. The highest BCUT2D eigenvalue weighted by atomic mass is 32.2. The van der Waals surface area contributed by atoms with Crippen molar-refractivity contribution in [1.29, 1.82) is 0 Å². The van der Waals surface area contributed by atoms with Crippen LogP contribution in [0, 0.1) is 5.82 Å². The van der Waals surface area contributed by atoms with Gasteiger partial charge in [0.15, 0.2) is 0 Å². The first-order valence-corrected chi connectivity index (χ1v) is 6.60. The van der Waals surface area contributed by atoms with E-state index in [1.165, 1.54) is 23.9 Å². The number of nitrogens with two attached hydrogens (primary N) is 1. The third-order valence-corrected chi connectivity index (χ3v) is 3.15. The minimum Gasteiger partial charge on any atom is -0.399 e.